The monoisotopic (exact) mass is 808 g/mol. The van der Waals surface area contributed by atoms with Gasteiger partial charge in [-0.15, -0.1) is 0 Å². The molecule has 0 spiro atoms. The Morgan fingerprint density at radius 3 is 1.43 bits per heavy atom. The van der Waals surface area contributed by atoms with Crippen LogP contribution in [-0.2, 0) is 11.3 Å². The van der Waals surface area contributed by atoms with Crippen LogP contribution < -0.4 is 4.74 Å². The molecule has 0 bridgehead atoms. The van der Waals surface area contributed by atoms with Crippen molar-refractivity contribution in [1.29, 1.82) is 0 Å². The van der Waals surface area contributed by atoms with Crippen molar-refractivity contribution in [3.8, 4) is 5.75 Å². The van der Waals surface area contributed by atoms with Crippen LogP contribution in [0.3, 0.4) is 0 Å². The van der Waals surface area contributed by atoms with E-state index in [-0.39, 0.29) is 24.4 Å². The van der Waals surface area contributed by atoms with Crippen molar-refractivity contribution in [3.05, 3.63) is 29.8 Å². The molecule has 0 amide bonds. The van der Waals surface area contributed by atoms with E-state index in [1.165, 1.54) is 49.9 Å². The predicted molar refractivity (Wildman–Crippen MR) is 162 cm³/mol. The molecule has 0 saturated heterocycles. The molecule has 0 unspecified atom stereocenters. The fourth-order valence-electron chi connectivity index (χ4n) is 5.10. The average molecular weight is 809 g/mol. The van der Waals surface area contributed by atoms with Crippen molar-refractivity contribution in [1.82, 2.24) is 0 Å². The van der Waals surface area contributed by atoms with Gasteiger partial charge in [0.05, 0.1) is 19.3 Å². The van der Waals surface area contributed by atoms with E-state index in [4.69, 9.17) is 9.47 Å². The molecule has 4 atom stereocenters. The van der Waals surface area contributed by atoms with E-state index in [9.17, 15) is 74.6 Å². The predicted octanol–water partition coefficient (Wildman–Crippen LogP) is 13.4. The van der Waals surface area contributed by atoms with Crippen molar-refractivity contribution in [2.45, 2.75) is 153 Å². The second kappa shape index (κ2) is 18.2. The Labute approximate surface area is 297 Å². The molecule has 0 fully saturated rings. The van der Waals surface area contributed by atoms with Crippen LogP contribution in [-0.4, -0.2) is 60.3 Å². The van der Waals surface area contributed by atoms with E-state index in [1.807, 2.05) is 6.92 Å². The van der Waals surface area contributed by atoms with Gasteiger partial charge in [0, 0.05) is 6.42 Å². The number of halogens is 17. The molecule has 1 aromatic rings. The molecule has 0 saturated carbocycles. The highest BCUT2D eigenvalue weighted by molar-refractivity contribution is 5.27. The van der Waals surface area contributed by atoms with Gasteiger partial charge < -0.3 is 9.47 Å². The van der Waals surface area contributed by atoms with Gasteiger partial charge in [-0.05, 0) is 55.2 Å². The molecular formula is C34H45F17O2. The lowest BCUT2D eigenvalue weighted by molar-refractivity contribution is -0.461. The second-order valence-electron chi connectivity index (χ2n) is 13.7. The topological polar surface area (TPSA) is 18.5 Å². The molecule has 53 heavy (non-hydrogen) atoms. The van der Waals surface area contributed by atoms with Crippen molar-refractivity contribution < 1.29 is 84.1 Å². The molecule has 0 heterocycles. The highest BCUT2D eigenvalue weighted by Gasteiger charge is 2.95. The minimum atomic E-state index is -8.64. The van der Waals surface area contributed by atoms with Crippen LogP contribution in [0.15, 0.2) is 24.3 Å². The third kappa shape index (κ3) is 11.0. The maximum absolute atomic E-state index is 14.1. The molecule has 2 nitrogen and oxygen atoms in total. The van der Waals surface area contributed by atoms with Crippen molar-refractivity contribution in [3.63, 3.8) is 0 Å². The largest absolute Gasteiger partial charge is 0.494 e. The highest BCUT2D eigenvalue weighted by atomic mass is 19.4. The van der Waals surface area contributed by atoms with E-state index < -0.39 is 67.1 Å². The van der Waals surface area contributed by atoms with E-state index in [1.54, 1.807) is 0 Å². The van der Waals surface area contributed by atoms with E-state index >= 15 is 0 Å². The van der Waals surface area contributed by atoms with Crippen molar-refractivity contribution in [2.24, 2.45) is 17.8 Å². The molecule has 0 radical (unpaired) electrons. The number of hydrogen-bond donors (Lipinski definition) is 0. The third-order valence-corrected chi connectivity index (χ3v) is 9.38. The summed E-state index contributed by atoms with van der Waals surface area (Å²) < 4.78 is 239. The molecule has 0 N–H and O–H groups in total. The first-order chi connectivity index (χ1) is 23.9. The fourth-order valence-corrected chi connectivity index (χ4v) is 5.10. The molecule has 312 valence electrons. The summed E-state index contributed by atoms with van der Waals surface area (Å²) in [6, 6.07) is 5.49. The quantitative estimate of drug-likeness (QED) is 0.0765. The minimum absolute atomic E-state index is 0.0900. The normalized spacial score (nSPS) is 16.7. The van der Waals surface area contributed by atoms with E-state index in [0.29, 0.717) is 11.5 Å². The molecule has 0 aromatic heterocycles. The number of ether oxygens (including phenoxy) is 2. The Morgan fingerprint density at radius 2 is 0.962 bits per heavy atom. The van der Waals surface area contributed by atoms with Gasteiger partial charge in [0.2, 0.25) is 0 Å². The van der Waals surface area contributed by atoms with Gasteiger partial charge in [-0.2, -0.15) is 74.6 Å². The first-order valence-corrected chi connectivity index (χ1v) is 16.9. The van der Waals surface area contributed by atoms with Crippen LogP contribution in [0.25, 0.3) is 0 Å². The molecule has 0 aliphatic carbocycles. The minimum Gasteiger partial charge on any atom is -0.494 e. The third-order valence-electron chi connectivity index (χ3n) is 9.38. The Bertz CT molecular complexity index is 1230. The SMILES string of the molecule is CC[C@H](C)CCC[C@H](C)CCC[C@@H](C)[C@@H](C)OCc1ccc(OCCCC(F)(F)C(F)(F)C(F)(F)C(F)(F)C(F)(F)C(F)(F)C(F)(F)C(F)(F)F)cc1. The summed E-state index contributed by atoms with van der Waals surface area (Å²) in [6.07, 6.45) is -3.99. The van der Waals surface area contributed by atoms with Crippen molar-refractivity contribution in [2.75, 3.05) is 6.61 Å². The van der Waals surface area contributed by atoms with Crippen LogP contribution >= 0.6 is 0 Å². The highest BCUT2D eigenvalue weighted by Crippen LogP contribution is 2.64. The van der Waals surface area contributed by atoms with Gasteiger partial charge in [0.25, 0.3) is 0 Å². The summed E-state index contributed by atoms with van der Waals surface area (Å²) in [5.74, 6) is -54.8. The first-order valence-electron chi connectivity index (χ1n) is 16.9. The summed E-state index contributed by atoms with van der Waals surface area (Å²) in [4.78, 5) is 0. The Morgan fingerprint density at radius 1 is 0.528 bits per heavy atom. The number of benzene rings is 1. The van der Waals surface area contributed by atoms with Gasteiger partial charge in [0.15, 0.2) is 0 Å². The second-order valence-corrected chi connectivity index (χ2v) is 13.7. The van der Waals surface area contributed by atoms with Gasteiger partial charge >= 0.3 is 47.6 Å². The number of rotatable bonds is 24. The Hall–Kier alpha value is -2.21. The average Bonchev–Trinajstić information content (AvgIpc) is 3.04. The first kappa shape index (κ1) is 48.8. The molecule has 1 rings (SSSR count). The molecule has 19 heteroatoms. The van der Waals surface area contributed by atoms with Gasteiger partial charge in [-0.3, -0.25) is 0 Å². The smallest absolute Gasteiger partial charge is 0.460 e. The molecule has 0 aliphatic rings. The lowest BCUT2D eigenvalue weighted by Gasteiger charge is -2.42. The van der Waals surface area contributed by atoms with Crippen LogP contribution in [0.4, 0.5) is 74.6 Å². The van der Waals surface area contributed by atoms with Crippen LogP contribution in [0.2, 0.25) is 0 Å². The van der Waals surface area contributed by atoms with Crippen LogP contribution in [0, 0.1) is 17.8 Å². The molecular weight excluding hydrogens is 763 g/mol. The van der Waals surface area contributed by atoms with Crippen molar-refractivity contribution >= 4 is 0 Å². The van der Waals surface area contributed by atoms with Gasteiger partial charge in [-0.1, -0.05) is 78.4 Å². The van der Waals surface area contributed by atoms with Crippen LogP contribution in [0.1, 0.15) is 98.0 Å². The summed E-state index contributed by atoms with van der Waals surface area (Å²) in [5, 5.41) is 0. The van der Waals surface area contributed by atoms with E-state index in [2.05, 4.69) is 27.7 Å². The number of alkyl halides is 17. The maximum Gasteiger partial charge on any atom is 0.460 e. The number of hydrogen-bond acceptors (Lipinski definition) is 2. The standard InChI is InChI=1S/C34H45F17O2/c1-6-21(2)10-7-11-22(3)12-8-13-23(4)24(5)53-20-25-14-16-26(17-15-25)52-19-9-18-27(35,36)28(37,38)29(39,40)30(41,42)31(43,44)32(45,46)33(47,48)34(49,50)51/h14-17,21-24H,6-13,18-20H2,1-5H3/t21-,22-,23+,24+/m0/s1. The lowest BCUT2D eigenvalue weighted by Crippen LogP contribution is -2.74. The fraction of sp³-hybridized carbons (Fsp3) is 0.824. The summed E-state index contributed by atoms with van der Waals surface area (Å²) in [6.45, 7) is 9.76. The van der Waals surface area contributed by atoms with Crippen LogP contribution in [0.5, 0.6) is 5.75 Å². The zero-order valence-corrected chi connectivity index (χ0v) is 29.6. The summed E-state index contributed by atoms with van der Waals surface area (Å²) in [7, 11) is 0. The zero-order valence-electron chi connectivity index (χ0n) is 29.6. The Balaban J connectivity index is 2.73. The lowest BCUT2D eigenvalue weighted by atomic mass is 9.88. The summed E-state index contributed by atoms with van der Waals surface area (Å²) >= 11 is 0. The molecule has 0 aliphatic heterocycles. The van der Waals surface area contributed by atoms with E-state index in [0.717, 1.165) is 25.2 Å². The maximum atomic E-state index is 14.1. The molecule has 1 aromatic carbocycles. The summed E-state index contributed by atoms with van der Waals surface area (Å²) in [5.41, 5.74) is 0.621. The zero-order chi connectivity index (χ0) is 41.5. The van der Waals surface area contributed by atoms with Gasteiger partial charge in [-0.25, -0.2) is 0 Å². The Kier molecular flexibility index (Phi) is 16.7. The van der Waals surface area contributed by atoms with Gasteiger partial charge in [0.1, 0.15) is 5.75 Å².